The van der Waals surface area contributed by atoms with E-state index in [1.54, 1.807) is 17.6 Å². The Morgan fingerprint density at radius 1 is 0.900 bits per heavy atom. The second-order valence-electron chi connectivity index (χ2n) is 7.17. The predicted molar refractivity (Wildman–Crippen MR) is 121 cm³/mol. The number of amides is 1. The molecule has 0 aliphatic heterocycles. The first-order valence-electron chi connectivity index (χ1n) is 9.95. The summed E-state index contributed by atoms with van der Waals surface area (Å²) in [6.45, 7) is 1.58. The van der Waals surface area contributed by atoms with Gasteiger partial charge in [-0.1, -0.05) is 54.6 Å². The van der Waals surface area contributed by atoms with Crippen LogP contribution in [0.15, 0.2) is 94.9 Å². The highest BCUT2D eigenvalue weighted by Crippen LogP contribution is 2.20. The lowest BCUT2D eigenvalue weighted by Gasteiger charge is -2.20. The Hall–Kier alpha value is -3.15. The van der Waals surface area contributed by atoms with Crippen molar-refractivity contribution < 1.29 is 9.21 Å². The quantitative estimate of drug-likeness (QED) is 0.388. The van der Waals surface area contributed by atoms with Crippen molar-refractivity contribution in [3.8, 4) is 0 Å². The lowest BCUT2D eigenvalue weighted by atomic mass is 10.0. The molecule has 0 saturated heterocycles. The highest BCUT2D eigenvalue weighted by atomic mass is 32.1. The van der Waals surface area contributed by atoms with Gasteiger partial charge in [0.25, 0.3) is 0 Å². The summed E-state index contributed by atoms with van der Waals surface area (Å²) in [6.07, 6.45) is 2.45. The topological polar surface area (TPSA) is 45.5 Å². The number of carbonyl (C=O) groups is 1. The Kier molecular flexibility index (Phi) is 6.75. The highest BCUT2D eigenvalue weighted by Gasteiger charge is 2.15. The zero-order chi connectivity index (χ0) is 20.6. The molecular formula is C25H24N2O2S. The van der Waals surface area contributed by atoms with E-state index in [-0.39, 0.29) is 12.5 Å². The van der Waals surface area contributed by atoms with Crippen molar-refractivity contribution in [3.05, 3.63) is 112 Å². The second kappa shape index (κ2) is 10.1. The Balaban J connectivity index is 1.44. The van der Waals surface area contributed by atoms with E-state index in [1.807, 2.05) is 54.6 Å². The number of hydrogen-bond donors (Lipinski definition) is 1. The molecule has 0 spiro atoms. The van der Waals surface area contributed by atoms with Crippen molar-refractivity contribution in [2.24, 2.45) is 0 Å². The number of carbonyl (C=O) groups excluding carboxylic acids is 1. The van der Waals surface area contributed by atoms with Crippen LogP contribution in [-0.4, -0.2) is 17.4 Å². The van der Waals surface area contributed by atoms with E-state index in [2.05, 4.69) is 39.9 Å². The van der Waals surface area contributed by atoms with E-state index in [1.165, 1.54) is 10.4 Å². The van der Waals surface area contributed by atoms with Gasteiger partial charge in [0.2, 0.25) is 5.91 Å². The van der Waals surface area contributed by atoms with Crippen LogP contribution in [0, 0.1) is 0 Å². The van der Waals surface area contributed by atoms with Crippen LogP contribution in [0.3, 0.4) is 0 Å². The van der Waals surface area contributed by atoms with E-state index in [0.717, 1.165) is 23.4 Å². The molecule has 152 valence electrons. The lowest BCUT2D eigenvalue weighted by Crippen LogP contribution is -2.32. The minimum atomic E-state index is -0.0291. The van der Waals surface area contributed by atoms with Crippen LogP contribution in [-0.2, 0) is 24.3 Å². The Bertz CT molecular complexity index is 1010. The fourth-order valence-electron chi connectivity index (χ4n) is 3.42. The van der Waals surface area contributed by atoms with Crippen LogP contribution in [0.5, 0.6) is 0 Å². The van der Waals surface area contributed by atoms with E-state index in [9.17, 15) is 4.79 Å². The molecule has 0 radical (unpaired) electrons. The van der Waals surface area contributed by atoms with Gasteiger partial charge >= 0.3 is 0 Å². The number of thiophene rings is 1. The fourth-order valence-corrected chi connectivity index (χ4v) is 4.16. The van der Waals surface area contributed by atoms with Gasteiger partial charge in [-0.25, -0.2) is 0 Å². The molecule has 30 heavy (non-hydrogen) atoms. The number of benzene rings is 2. The van der Waals surface area contributed by atoms with Gasteiger partial charge in [-0.15, -0.1) is 11.3 Å². The molecule has 0 aliphatic rings. The summed E-state index contributed by atoms with van der Waals surface area (Å²) in [5.74, 6) is 0.822. The maximum atomic E-state index is 12.9. The van der Waals surface area contributed by atoms with Gasteiger partial charge in [0.15, 0.2) is 0 Å². The number of rotatable bonds is 9. The summed E-state index contributed by atoms with van der Waals surface area (Å²) in [4.78, 5) is 16.2. The van der Waals surface area contributed by atoms with Crippen LogP contribution in [0.4, 0.5) is 5.69 Å². The zero-order valence-corrected chi connectivity index (χ0v) is 17.5. The summed E-state index contributed by atoms with van der Waals surface area (Å²) >= 11 is 1.69. The Morgan fingerprint density at radius 2 is 1.73 bits per heavy atom. The first-order chi connectivity index (χ1) is 14.8. The van der Waals surface area contributed by atoms with Gasteiger partial charge in [0.05, 0.1) is 19.4 Å². The molecule has 5 heteroatoms. The molecule has 2 heterocycles. The normalized spacial score (nSPS) is 11.0. The Labute approximate surface area is 180 Å². The first kappa shape index (κ1) is 20.1. The fraction of sp³-hybridized carbons (Fsp3) is 0.160. The highest BCUT2D eigenvalue weighted by molar-refractivity contribution is 7.09. The molecular weight excluding hydrogens is 392 g/mol. The third-order valence-electron chi connectivity index (χ3n) is 4.82. The summed E-state index contributed by atoms with van der Waals surface area (Å²) in [7, 11) is 0. The predicted octanol–water partition coefficient (Wildman–Crippen LogP) is 5.57. The molecule has 0 bridgehead atoms. The number of hydrogen-bond acceptors (Lipinski definition) is 4. The molecule has 1 N–H and O–H groups in total. The van der Waals surface area contributed by atoms with Crippen molar-refractivity contribution >= 4 is 22.9 Å². The van der Waals surface area contributed by atoms with Crippen molar-refractivity contribution in [1.82, 2.24) is 4.90 Å². The summed E-state index contributed by atoms with van der Waals surface area (Å²) in [5.41, 5.74) is 3.18. The molecule has 4 nitrogen and oxygen atoms in total. The number of furan rings is 1. The molecule has 2 aromatic carbocycles. The van der Waals surface area contributed by atoms with Crippen LogP contribution in [0.2, 0.25) is 0 Å². The molecule has 2 aromatic heterocycles. The van der Waals surface area contributed by atoms with Crippen molar-refractivity contribution in [1.29, 1.82) is 0 Å². The van der Waals surface area contributed by atoms with Crippen molar-refractivity contribution in [3.63, 3.8) is 0 Å². The largest absolute Gasteiger partial charge is 0.468 e. The minimum Gasteiger partial charge on any atom is -0.468 e. The summed E-state index contributed by atoms with van der Waals surface area (Å²) < 4.78 is 5.50. The van der Waals surface area contributed by atoms with E-state index in [4.69, 9.17) is 4.42 Å². The molecule has 0 unspecified atom stereocenters. The number of anilines is 1. The van der Waals surface area contributed by atoms with Gasteiger partial charge in [-0.2, -0.15) is 0 Å². The maximum absolute atomic E-state index is 12.9. The van der Waals surface area contributed by atoms with Crippen molar-refractivity contribution in [2.45, 2.75) is 19.5 Å². The van der Waals surface area contributed by atoms with Gasteiger partial charge in [-0.3, -0.25) is 9.69 Å². The molecule has 0 saturated carbocycles. The molecule has 0 atom stereocenters. The number of para-hydroxylation sites is 1. The van der Waals surface area contributed by atoms with Crippen LogP contribution in [0.1, 0.15) is 21.8 Å². The van der Waals surface area contributed by atoms with E-state index < -0.39 is 0 Å². The van der Waals surface area contributed by atoms with Gasteiger partial charge in [0, 0.05) is 17.1 Å². The van der Waals surface area contributed by atoms with Gasteiger partial charge < -0.3 is 9.73 Å². The Morgan fingerprint density at radius 3 is 2.50 bits per heavy atom. The van der Waals surface area contributed by atoms with Gasteiger partial charge in [0.1, 0.15) is 5.76 Å². The average molecular weight is 417 g/mol. The smallest absolute Gasteiger partial charge is 0.238 e. The first-order valence-corrected chi connectivity index (χ1v) is 10.8. The average Bonchev–Trinajstić information content (AvgIpc) is 3.45. The van der Waals surface area contributed by atoms with Crippen LogP contribution >= 0.6 is 11.3 Å². The van der Waals surface area contributed by atoms with Crippen molar-refractivity contribution in [2.75, 3.05) is 11.9 Å². The molecule has 0 aliphatic carbocycles. The number of nitrogens with one attached hydrogen (secondary N) is 1. The molecule has 4 rings (SSSR count). The summed E-state index contributed by atoms with van der Waals surface area (Å²) in [6, 6.07) is 26.2. The monoisotopic (exact) mass is 416 g/mol. The maximum Gasteiger partial charge on any atom is 0.238 e. The summed E-state index contributed by atoms with van der Waals surface area (Å²) in [5, 5.41) is 5.17. The molecule has 4 aromatic rings. The standard InChI is InChI=1S/C25H24N2O2S/c28-25(19-27(17-22-11-6-14-29-22)18-23-12-7-15-30-23)26-24-13-5-4-10-21(24)16-20-8-2-1-3-9-20/h1-15H,16-19H2,(H,26,28). The lowest BCUT2D eigenvalue weighted by molar-refractivity contribution is -0.117. The zero-order valence-electron chi connectivity index (χ0n) is 16.7. The van der Waals surface area contributed by atoms with Crippen LogP contribution in [0.25, 0.3) is 0 Å². The van der Waals surface area contributed by atoms with Gasteiger partial charge in [-0.05, 0) is 47.2 Å². The second-order valence-corrected chi connectivity index (χ2v) is 8.20. The molecule has 0 fully saturated rings. The third kappa shape index (κ3) is 5.69. The SMILES string of the molecule is O=C(CN(Cc1ccco1)Cc1cccs1)Nc1ccccc1Cc1ccccc1. The minimum absolute atomic E-state index is 0.0291. The molecule has 1 amide bonds. The van der Waals surface area contributed by atoms with Crippen LogP contribution < -0.4 is 5.32 Å². The number of nitrogens with zero attached hydrogens (tertiary/aromatic N) is 1. The third-order valence-corrected chi connectivity index (χ3v) is 5.68. The van der Waals surface area contributed by atoms with E-state index in [0.29, 0.717) is 13.1 Å². The van der Waals surface area contributed by atoms with E-state index >= 15 is 0 Å².